The lowest BCUT2D eigenvalue weighted by molar-refractivity contribution is -0.121. The van der Waals surface area contributed by atoms with Gasteiger partial charge in [-0.2, -0.15) is 0 Å². The molecule has 0 saturated heterocycles. The third-order valence-corrected chi connectivity index (χ3v) is 3.99. The Morgan fingerprint density at radius 1 is 1.22 bits per heavy atom. The molecule has 1 aromatic heterocycles. The van der Waals surface area contributed by atoms with Crippen LogP contribution in [0, 0.1) is 0 Å². The van der Waals surface area contributed by atoms with Gasteiger partial charge in [-0.1, -0.05) is 26.2 Å². The summed E-state index contributed by atoms with van der Waals surface area (Å²) in [5, 5.41) is 0. The largest absolute Gasteiger partial charge is 0.279 e. The summed E-state index contributed by atoms with van der Waals surface area (Å²) in [5.41, 5.74) is 4.82. The molecule has 0 saturated carbocycles. The van der Waals surface area contributed by atoms with Gasteiger partial charge in [-0.25, -0.2) is 0 Å². The molecule has 1 heterocycles. The monoisotopic (exact) mass is 332 g/mol. The Morgan fingerprint density at radius 3 is 2.61 bits per heavy atom. The van der Waals surface area contributed by atoms with Gasteiger partial charge in [0.05, 0.1) is 8.66 Å². The second-order valence-corrected chi connectivity index (χ2v) is 6.38. The molecule has 2 amide bonds. The Hall–Kier alpha value is -0.880. The van der Waals surface area contributed by atoms with Gasteiger partial charge in [0.1, 0.15) is 0 Å². The van der Waals surface area contributed by atoms with Gasteiger partial charge in [0.25, 0.3) is 5.91 Å². The average molecular weight is 333 g/mol. The average Bonchev–Trinajstić information content (AvgIpc) is 2.78. The van der Waals surface area contributed by atoms with Crippen LogP contribution < -0.4 is 10.9 Å². The molecule has 0 aliphatic carbocycles. The fourth-order valence-corrected chi connectivity index (χ4v) is 2.68. The summed E-state index contributed by atoms with van der Waals surface area (Å²) in [6.07, 6.45) is 4.65. The number of hydrazine groups is 1. The van der Waals surface area contributed by atoms with Gasteiger partial charge >= 0.3 is 0 Å². The van der Waals surface area contributed by atoms with Gasteiger partial charge in [0, 0.05) is 6.42 Å². The van der Waals surface area contributed by atoms with E-state index in [9.17, 15) is 9.59 Å². The minimum Gasteiger partial charge on any atom is -0.273 e. The molecule has 2 N–H and O–H groups in total. The number of hydrogen-bond donors (Lipinski definition) is 2. The van der Waals surface area contributed by atoms with Crippen LogP contribution in [0.15, 0.2) is 15.9 Å². The highest BCUT2D eigenvalue weighted by molar-refractivity contribution is 9.11. The summed E-state index contributed by atoms with van der Waals surface area (Å²) in [4.78, 5) is 23.6. The first-order chi connectivity index (χ1) is 8.63. The quantitative estimate of drug-likeness (QED) is 0.620. The molecule has 6 heteroatoms. The first kappa shape index (κ1) is 15.2. The predicted molar refractivity (Wildman–Crippen MR) is 76.4 cm³/mol. The van der Waals surface area contributed by atoms with E-state index in [1.807, 2.05) is 0 Å². The van der Waals surface area contributed by atoms with E-state index in [-0.39, 0.29) is 11.8 Å². The zero-order valence-corrected chi connectivity index (χ0v) is 12.7. The van der Waals surface area contributed by atoms with Crippen LogP contribution in [0.25, 0.3) is 0 Å². The molecule has 0 radical (unpaired) electrons. The standard InChI is InChI=1S/C12H17BrN2O2S/c1-2-3-4-5-6-11(16)14-15-12(17)9-7-8-10(13)18-9/h7-8H,2-6H2,1H3,(H,14,16)(H,15,17). The summed E-state index contributed by atoms with van der Waals surface area (Å²) < 4.78 is 0.888. The second kappa shape index (κ2) is 8.26. The Balaban J connectivity index is 2.20. The molecule has 0 aromatic carbocycles. The number of unbranched alkanes of at least 4 members (excludes halogenated alkanes) is 3. The molecule has 0 aliphatic heterocycles. The van der Waals surface area contributed by atoms with Crippen molar-refractivity contribution in [3.05, 3.63) is 20.8 Å². The molecule has 0 bridgehead atoms. The van der Waals surface area contributed by atoms with E-state index < -0.39 is 0 Å². The predicted octanol–water partition coefficient (Wildman–Crippen LogP) is 3.24. The molecule has 1 rings (SSSR count). The molecular formula is C12H17BrN2O2S. The molecule has 100 valence electrons. The van der Waals surface area contributed by atoms with Gasteiger partial charge in [0.2, 0.25) is 5.91 Å². The number of thiophene rings is 1. The van der Waals surface area contributed by atoms with Crippen LogP contribution in [0.2, 0.25) is 0 Å². The number of carbonyl (C=O) groups excluding carboxylic acids is 2. The van der Waals surface area contributed by atoms with Crippen molar-refractivity contribution in [3.63, 3.8) is 0 Å². The van der Waals surface area contributed by atoms with Crippen LogP contribution in [0.5, 0.6) is 0 Å². The van der Waals surface area contributed by atoms with Crippen LogP contribution >= 0.6 is 27.3 Å². The maximum Gasteiger partial charge on any atom is 0.279 e. The van der Waals surface area contributed by atoms with Crippen molar-refractivity contribution in [3.8, 4) is 0 Å². The fraction of sp³-hybridized carbons (Fsp3) is 0.500. The maximum absolute atomic E-state index is 11.6. The number of halogens is 1. The SMILES string of the molecule is CCCCCCC(=O)NNC(=O)c1ccc(Br)s1. The van der Waals surface area contributed by atoms with E-state index in [1.165, 1.54) is 11.3 Å². The number of hydrogen-bond acceptors (Lipinski definition) is 3. The minimum absolute atomic E-state index is 0.143. The van der Waals surface area contributed by atoms with Gasteiger partial charge in [0.15, 0.2) is 0 Å². The number of nitrogens with one attached hydrogen (secondary N) is 2. The smallest absolute Gasteiger partial charge is 0.273 e. The molecule has 0 spiro atoms. The van der Waals surface area contributed by atoms with Crippen LogP contribution in [0.1, 0.15) is 48.7 Å². The molecule has 0 fully saturated rings. The lowest BCUT2D eigenvalue weighted by atomic mass is 10.1. The highest BCUT2D eigenvalue weighted by Gasteiger charge is 2.09. The Kier molecular flexibility index (Phi) is 6.97. The van der Waals surface area contributed by atoms with Gasteiger partial charge < -0.3 is 0 Å². The number of carbonyl (C=O) groups is 2. The lowest BCUT2D eigenvalue weighted by Crippen LogP contribution is -2.41. The Morgan fingerprint density at radius 2 is 2.00 bits per heavy atom. The summed E-state index contributed by atoms with van der Waals surface area (Å²) >= 11 is 4.61. The van der Waals surface area contributed by atoms with Gasteiger partial charge in [-0.05, 0) is 34.5 Å². The van der Waals surface area contributed by atoms with Crippen molar-refractivity contribution in [2.45, 2.75) is 39.0 Å². The third kappa shape index (κ3) is 5.64. The first-order valence-electron chi connectivity index (χ1n) is 5.98. The summed E-state index contributed by atoms with van der Waals surface area (Å²) in [5.74, 6) is -0.428. The molecule has 18 heavy (non-hydrogen) atoms. The van der Waals surface area contributed by atoms with Gasteiger partial charge in [-0.15, -0.1) is 11.3 Å². The summed E-state index contributed by atoms with van der Waals surface area (Å²) in [6.45, 7) is 2.12. The first-order valence-corrected chi connectivity index (χ1v) is 7.59. The number of amides is 2. The van der Waals surface area contributed by atoms with Gasteiger partial charge in [-0.3, -0.25) is 20.4 Å². The summed E-state index contributed by atoms with van der Waals surface area (Å²) in [6, 6.07) is 3.50. The van der Waals surface area contributed by atoms with E-state index in [0.29, 0.717) is 11.3 Å². The maximum atomic E-state index is 11.6. The van der Waals surface area contributed by atoms with Crippen molar-refractivity contribution in [1.82, 2.24) is 10.9 Å². The Bertz CT molecular complexity index is 407. The minimum atomic E-state index is -0.285. The van der Waals surface area contributed by atoms with Crippen molar-refractivity contribution < 1.29 is 9.59 Å². The molecule has 0 aliphatic rings. The van der Waals surface area contributed by atoms with E-state index >= 15 is 0 Å². The molecular weight excluding hydrogens is 316 g/mol. The topological polar surface area (TPSA) is 58.2 Å². The van der Waals surface area contributed by atoms with E-state index in [4.69, 9.17) is 0 Å². The van der Waals surface area contributed by atoms with Crippen LogP contribution in [0.4, 0.5) is 0 Å². The highest BCUT2D eigenvalue weighted by atomic mass is 79.9. The van der Waals surface area contributed by atoms with E-state index in [2.05, 4.69) is 33.7 Å². The van der Waals surface area contributed by atoms with E-state index in [1.54, 1.807) is 12.1 Å². The highest BCUT2D eigenvalue weighted by Crippen LogP contribution is 2.21. The van der Waals surface area contributed by atoms with Crippen molar-refractivity contribution in [2.24, 2.45) is 0 Å². The van der Waals surface area contributed by atoms with Crippen LogP contribution in [-0.2, 0) is 4.79 Å². The van der Waals surface area contributed by atoms with Crippen molar-refractivity contribution in [2.75, 3.05) is 0 Å². The fourth-order valence-electron chi connectivity index (χ4n) is 1.40. The van der Waals surface area contributed by atoms with Crippen molar-refractivity contribution in [1.29, 1.82) is 0 Å². The van der Waals surface area contributed by atoms with Crippen LogP contribution in [-0.4, -0.2) is 11.8 Å². The van der Waals surface area contributed by atoms with Crippen molar-refractivity contribution >= 4 is 39.1 Å². The molecule has 0 unspecified atom stereocenters. The zero-order valence-electron chi connectivity index (χ0n) is 10.3. The molecule has 0 atom stereocenters. The second-order valence-electron chi connectivity index (χ2n) is 3.92. The molecule has 1 aromatic rings. The lowest BCUT2D eigenvalue weighted by Gasteiger charge is -2.05. The Labute approximate surface area is 119 Å². The normalized spacial score (nSPS) is 10.1. The third-order valence-electron chi connectivity index (χ3n) is 2.37. The molecule has 4 nitrogen and oxygen atoms in total. The number of rotatable bonds is 6. The zero-order chi connectivity index (χ0) is 13.4. The summed E-state index contributed by atoms with van der Waals surface area (Å²) in [7, 11) is 0. The van der Waals surface area contributed by atoms with E-state index in [0.717, 1.165) is 29.5 Å². The van der Waals surface area contributed by atoms with Crippen LogP contribution in [0.3, 0.4) is 0 Å².